The zero-order valence-corrected chi connectivity index (χ0v) is 10.8. The molecule has 0 fully saturated rings. The van der Waals surface area contributed by atoms with E-state index >= 15 is 0 Å². The monoisotopic (exact) mass is 257 g/mol. The average molecular weight is 257 g/mol. The second-order valence-electron chi connectivity index (χ2n) is 3.62. The molecule has 1 aromatic carbocycles. The van der Waals surface area contributed by atoms with E-state index < -0.39 is 16.0 Å². The second-order valence-corrected chi connectivity index (χ2v) is 5.11. The van der Waals surface area contributed by atoms with Crippen molar-refractivity contribution in [3.63, 3.8) is 0 Å². The van der Waals surface area contributed by atoms with Crippen LogP contribution >= 0.6 is 0 Å². The number of methoxy groups -OCH3 is 1. The summed E-state index contributed by atoms with van der Waals surface area (Å²) in [6.45, 7) is 3.37. The number of carbonyl (C=O) groups excluding carboxylic acids is 1. The molecule has 1 aromatic rings. The van der Waals surface area contributed by atoms with Gasteiger partial charge < -0.3 is 4.74 Å². The van der Waals surface area contributed by atoms with Crippen LogP contribution in [-0.4, -0.2) is 21.5 Å². The van der Waals surface area contributed by atoms with Crippen molar-refractivity contribution in [2.75, 3.05) is 7.11 Å². The molecule has 0 heterocycles. The van der Waals surface area contributed by atoms with Crippen molar-refractivity contribution in [3.8, 4) is 0 Å². The first-order valence-electron chi connectivity index (χ1n) is 5.06. The van der Waals surface area contributed by atoms with Gasteiger partial charge in [-0.15, -0.1) is 0 Å². The second kappa shape index (κ2) is 4.85. The molecule has 0 unspecified atom stereocenters. The Morgan fingerprint density at radius 2 is 2.00 bits per heavy atom. The van der Waals surface area contributed by atoms with Crippen LogP contribution in [0.1, 0.15) is 28.4 Å². The van der Waals surface area contributed by atoms with Gasteiger partial charge in [0, 0.05) is 0 Å². The number of primary sulfonamides is 1. The van der Waals surface area contributed by atoms with Crippen LogP contribution in [0, 0.1) is 6.92 Å². The van der Waals surface area contributed by atoms with E-state index in [2.05, 4.69) is 4.74 Å². The Morgan fingerprint density at radius 3 is 2.41 bits per heavy atom. The first-order chi connectivity index (χ1) is 7.82. The first kappa shape index (κ1) is 13.7. The summed E-state index contributed by atoms with van der Waals surface area (Å²) in [7, 11) is -2.61. The Balaban J connectivity index is 3.60. The largest absolute Gasteiger partial charge is 0.465 e. The number of rotatable bonds is 3. The van der Waals surface area contributed by atoms with Crippen LogP contribution in [0.2, 0.25) is 0 Å². The van der Waals surface area contributed by atoms with E-state index in [0.29, 0.717) is 17.5 Å². The van der Waals surface area contributed by atoms with Gasteiger partial charge in [-0.05, 0) is 30.5 Å². The number of sulfonamides is 1. The predicted octanol–water partition coefficient (Wildman–Crippen LogP) is 0.991. The molecule has 0 saturated carbocycles. The highest BCUT2D eigenvalue weighted by molar-refractivity contribution is 7.89. The minimum absolute atomic E-state index is 0.0166. The molecule has 17 heavy (non-hydrogen) atoms. The number of carbonyl (C=O) groups is 1. The molecule has 0 aliphatic rings. The van der Waals surface area contributed by atoms with Gasteiger partial charge in [0.25, 0.3) is 0 Å². The van der Waals surface area contributed by atoms with Gasteiger partial charge in [-0.25, -0.2) is 18.4 Å². The minimum Gasteiger partial charge on any atom is -0.465 e. The fourth-order valence-corrected chi connectivity index (χ4v) is 2.87. The zero-order valence-electron chi connectivity index (χ0n) is 9.98. The van der Waals surface area contributed by atoms with Gasteiger partial charge in [0.2, 0.25) is 10.0 Å². The van der Waals surface area contributed by atoms with Crippen LogP contribution in [0.3, 0.4) is 0 Å². The number of aryl methyl sites for hydroxylation is 1. The molecular formula is C11H15NO4S. The van der Waals surface area contributed by atoms with Crippen LogP contribution in [0.5, 0.6) is 0 Å². The molecule has 0 aliphatic heterocycles. The van der Waals surface area contributed by atoms with Crippen LogP contribution in [0.15, 0.2) is 17.0 Å². The first-order valence-corrected chi connectivity index (χ1v) is 6.61. The number of esters is 1. The zero-order chi connectivity index (χ0) is 13.2. The topological polar surface area (TPSA) is 86.5 Å². The predicted molar refractivity (Wildman–Crippen MR) is 63.3 cm³/mol. The van der Waals surface area contributed by atoms with Crippen molar-refractivity contribution >= 4 is 16.0 Å². The summed E-state index contributed by atoms with van der Waals surface area (Å²) in [5.41, 5.74) is 1.14. The lowest BCUT2D eigenvalue weighted by molar-refractivity contribution is 0.0599. The number of nitrogens with two attached hydrogens (primary N) is 1. The molecule has 0 spiro atoms. The van der Waals surface area contributed by atoms with E-state index in [4.69, 9.17) is 5.14 Å². The maximum Gasteiger partial charge on any atom is 0.338 e. The summed E-state index contributed by atoms with van der Waals surface area (Å²) < 4.78 is 27.6. The van der Waals surface area contributed by atoms with Crippen molar-refractivity contribution in [2.24, 2.45) is 5.14 Å². The van der Waals surface area contributed by atoms with Crippen molar-refractivity contribution in [1.29, 1.82) is 0 Å². The number of hydrogen-bond donors (Lipinski definition) is 1. The van der Waals surface area contributed by atoms with Crippen LogP contribution in [0.25, 0.3) is 0 Å². The SMILES string of the molecule is CCc1ccc(C(=O)OC)c(C)c1S(N)(=O)=O. The highest BCUT2D eigenvalue weighted by Gasteiger charge is 2.21. The van der Waals surface area contributed by atoms with E-state index in [-0.39, 0.29) is 10.5 Å². The third kappa shape index (κ3) is 2.65. The molecule has 2 N–H and O–H groups in total. The molecule has 0 aliphatic carbocycles. The molecule has 0 atom stereocenters. The van der Waals surface area contributed by atoms with Crippen molar-refractivity contribution in [1.82, 2.24) is 0 Å². The molecule has 94 valence electrons. The Morgan fingerprint density at radius 1 is 1.41 bits per heavy atom. The quantitative estimate of drug-likeness (QED) is 0.818. The van der Waals surface area contributed by atoms with Crippen LogP contribution in [0.4, 0.5) is 0 Å². The highest BCUT2D eigenvalue weighted by Crippen LogP contribution is 2.23. The Labute approximate surface area is 101 Å². The third-order valence-electron chi connectivity index (χ3n) is 2.56. The molecular weight excluding hydrogens is 242 g/mol. The lowest BCUT2D eigenvalue weighted by Gasteiger charge is -2.12. The average Bonchev–Trinajstić information content (AvgIpc) is 2.25. The summed E-state index contributed by atoms with van der Waals surface area (Å²) in [5.74, 6) is -0.574. The van der Waals surface area contributed by atoms with Gasteiger partial charge in [0.05, 0.1) is 17.6 Å². The Hall–Kier alpha value is -1.40. The van der Waals surface area contributed by atoms with Gasteiger partial charge in [-0.2, -0.15) is 0 Å². The number of hydrogen-bond acceptors (Lipinski definition) is 4. The van der Waals surface area contributed by atoms with Gasteiger partial charge in [0.15, 0.2) is 0 Å². The van der Waals surface area contributed by atoms with Crippen molar-refractivity contribution in [3.05, 3.63) is 28.8 Å². The number of ether oxygens (including phenoxy) is 1. The van der Waals surface area contributed by atoms with Gasteiger partial charge >= 0.3 is 5.97 Å². The van der Waals surface area contributed by atoms with E-state index in [1.54, 1.807) is 19.1 Å². The van der Waals surface area contributed by atoms with Crippen LogP contribution in [-0.2, 0) is 21.2 Å². The van der Waals surface area contributed by atoms with Gasteiger partial charge in [-0.3, -0.25) is 0 Å². The molecule has 6 heteroatoms. The third-order valence-corrected chi connectivity index (χ3v) is 3.70. The van der Waals surface area contributed by atoms with E-state index in [0.717, 1.165) is 0 Å². The maximum absolute atomic E-state index is 11.5. The van der Waals surface area contributed by atoms with Crippen molar-refractivity contribution < 1.29 is 17.9 Å². The van der Waals surface area contributed by atoms with E-state index in [1.807, 2.05) is 6.92 Å². The fourth-order valence-electron chi connectivity index (χ4n) is 1.75. The summed E-state index contributed by atoms with van der Waals surface area (Å²) in [5, 5.41) is 5.16. The molecule has 5 nitrogen and oxygen atoms in total. The molecule has 0 aromatic heterocycles. The summed E-state index contributed by atoms with van der Waals surface area (Å²) in [6.07, 6.45) is 0.522. The molecule has 1 rings (SSSR count). The number of benzene rings is 1. The van der Waals surface area contributed by atoms with Crippen molar-refractivity contribution in [2.45, 2.75) is 25.2 Å². The molecule has 0 saturated heterocycles. The van der Waals surface area contributed by atoms with E-state index in [9.17, 15) is 13.2 Å². The summed E-state index contributed by atoms with van der Waals surface area (Å²) >= 11 is 0. The fraction of sp³-hybridized carbons (Fsp3) is 0.364. The molecule has 0 radical (unpaired) electrons. The smallest absolute Gasteiger partial charge is 0.338 e. The van der Waals surface area contributed by atoms with Crippen LogP contribution < -0.4 is 5.14 Å². The normalized spacial score (nSPS) is 11.3. The molecule has 0 bridgehead atoms. The minimum atomic E-state index is -3.85. The van der Waals surface area contributed by atoms with Gasteiger partial charge in [-0.1, -0.05) is 13.0 Å². The van der Waals surface area contributed by atoms with E-state index in [1.165, 1.54) is 7.11 Å². The Kier molecular flexibility index (Phi) is 3.90. The van der Waals surface area contributed by atoms with Gasteiger partial charge in [0.1, 0.15) is 0 Å². The summed E-state index contributed by atoms with van der Waals surface area (Å²) in [6, 6.07) is 3.13. The highest BCUT2D eigenvalue weighted by atomic mass is 32.2. The molecule has 0 amide bonds. The standard InChI is InChI=1S/C11H15NO4S/c1-4-8-5-6-9(11(13)16-3)7(2)10(8)17(12,14)15/h5-6H,4H2,1-3H3,(H2,12,14,15). The maximum atomic E-state index is 11.5. The summed E-state index contributed by atoms with van der Waals surface area (Å²) in [4.78, 5) is 11.5. The lowest BCUT2D eigenvalue weighted by atomic mass is 10.0. The Bertz CT molecular complexity index is 549. The lowest BCUT2D eigenvalue weighted by Crippen LogP contribution is -2.18.